The monoisotopic (exact) mass is 545 g/mol. The van der Waals surface area contributed by atoms with Gasteiger partial charge in [0.25, 0.3) is 0 Å². The Morgan fingerprint density at radius 1 is 1.10 bits per heavy atom. The number of methoxy groups -OCH3 is 3. The number of hydrogen-bond acceptors (Lipinski definition) is 8. The molecule has 210 valence electrons. The third-order valence-electron chi connectivity index (χ3n) is 8.99. The summed E-state index contributed by atoms with van der Waals surface area (Å²) in [7, 11) is 4.67. The predicted molar refractivity (Wildman–Crippen MR) is 149 cm³/mol. The van der Waals surface area contributed by atoms with Gasteiger partial charge in [0, 0.05) is 61.3 Å². The van der Waals surface area contributed by atoms with Crippen molar-refractivity contribution in [3.63, 3.8) is 0 Å². The number of fused-ring (bicyclic) bond motifs is 6. The zero-order valence-corrected chi connectivity index (χ0v) is 23.0. The van der Waals surface area contributed by atoms with E-state index in [2.05, 4.69) is 20.9 Å². The highest BCUT2D eigenvalue weighted by Gasteiger charge is 2.54. The van der Waals surface area contributed by atoms with E-state index >= 15 is 0 Å². The van der Waals surface area contributed by atoms with Crippen molar-refractivity contribution in [2.45, 2.75) is 37.5 Å². The molecule has 0 amide bonds. The number of H-pyrrole nitrogens is 1. The highest BCUT2D eigenvalue weighted by Crippen LogP contribution is 2.50. The van der Waals surface area contributed by atoms with Crippen LogP contribution in [0.2, 0.25) is 0 Å². The molecule has 6 rings (SSSR count). The molecule has 4 heterocycles. The molecule has 0 spiro atoms. The summed E-state index contributed by atoms with van der Waals surface area (Å²) in [5.41, 5.74) is 4.49. The first kappa shape index (κ1) is 26.5. The molecule has 1 N–H and O–H groups in total. The molecule has 0 unspecified atom stereocenters. The molecule has 2 aliphatic heterocycles. The second-order valence-corrected chi connectivity index (χ2v) is 10.9. The van der Waals surface area contributed by atoms with Gasteiger partial charge in [-0.05, 0) is 72.6 Å². The smallest absolute Gasteiger partial charge is 0.331 e. The van der Waals surface area contributed by atoms with Gasteiger partial charge in [-0.3, -0.25) is 14.7 Å². The molecule has 3 aliphatic rings. The zero-order valence-electron chi connectivity index (χ0n) is 23.0. The minimum absolute atomic E-state index is 0.0351. The van der Waals surface area contributed by atoms with E-state index in [0.717, 1.165) is 42.8 Å². The van der Waals surface area contributed by atoms with Gasteiger partial charge in [-0.2, -0.15) is 0 Å². The van der Waals surface area contributed by atoms with E-state index in [1.165, 1.54) is 29.8 Å². The quantitative estimate of drug-likeness (QED) is 0.367. The van der Waals surface area contributed by atoms with Crippen molar-refractivity contribution in [1.29, 1.82) is 0 Å². The molecule has 9 heteroatoms. The van der Waals surface area contributed by atoms with Crippen LogP contribution < -0.4 is 4.74 Å². The normalized spacial score (nSPS) is 28.0. The van der Waals surface area contributed by atoms with Gasteiger partial charge < -0.3 is 23.9 Å². The van der Waals surface area contributed by atoms with Crippen LogP contribution >= 0.6 is 0 Å². The topological polar surface area (TPSA) is 103 Å². The molecule has 0 radical (unpaired) electrons. The molecule has 1 aromatic carbocycles. The molecule has 2 fully saturated rings. The van der Waals surface area contributed by atoms with Gasteiger partial charge in [0.05, 0.1) is 26.2 Å². The summed E-state index contributed by atoms with van der Waals surface area (Å²) >= 11 is 0. The second kappa shape index (κ2) is 11.1. The maximum Gasteiger partial charge on any atom is 0.331 e. The number of rotatable bonds is 6. The van der Waals surface area contributed by atoms with E-state index in [9.17, 15) is 9.59 Å². The SMILES string of the molecule is COC(=O)[C@H]1[C@H]2C[C@@H]3c4[nH]c5cc(OC)ccc5c4CCN3C[C@H]2C[C@@H](OC(=O)/C=C/c2ccncc2)[C@@H]1OC. The number of nitrogens with zero attached hydrogens (tertiary/aromatic N) is 2. The number of carbonyl (C=O) groups is 2. The molecule has 0 bridgehead atoms. The molecule has 3 aromatic rings. The Labute approximate surface area is 233 Å². The minimum atomic E-state index is -0.589. The largest absolute Gasteiger partial charge is 0.497 e. The maximum atomic E-state index is 13.3. The molecular formula is C31H35N3O6. The summed E-state index contributed by atoms with van der Waals surface area (Å²) in [5.74, 6) is -0.291. The molecule has 6 atom stereocenters. The number of aromatic amines is 1. The Morgan fingerprint density at radius 3 is 2.67 bits per heavy atom. The lowest BCUT2D eigenvalue weighted by Crippen LogP contribution is -2.58. The van der Waals surface area contributed by atoms with Crippen molar-refractivity contribution in [1.82, 2.24) is 14.9 Å². The van der Waals surface area contributed by atoms with E-state index < -0.39 is 24.1 Å². The summed E-state index contributed by atoms with van der Waals surface area (Å²) < 4.78 is 22.6. The summed E-state index contributed by atoms with van der Waals surface area (Å²) in [5, 5.41) is 1.23. The number of ether oxygens (including phenoxy) is 4. The van der Waals surface area contributed by atoms with E-state index in [1.807, 2.05) is 24.3 Å². The Kier molecular flexibility index (Phi) is 7.33. The van der Waals surface area contributed by atoms with Crippen LogP contribution in [0.1, 0.15) is 35.7 Å². The van der Waals surface area contributed by atoms with Gasteiger partial charge in [0.2, 0.25) is 0 Å². The molecule has 1 saturated carbocycles. The summed E-state index contributed by atoms with van der Waals surface area (Å²) in [6, 6.07) is 9.97. The molecular weight excluding hydrogens is 510 g/mol. The maximum absolute atomic E-state index is 13.3. The first-order chi connectivity index (χ1) is 19.5. The van der Waals surface area contributed by atoms with Crippen molar-refractivity contribution in [3.05, 3.63) is 65.6 Å². The van der Waals surface area contributed by atoms with Crippen LogP contribution in [-0.2, 0) is 30.2 Å². The first-order valence-electron chi connectivity index (χ1n) is 13.8. The highest BCUT2D eigenvalue weighted by atomic mass is 16.6. The summed E-state index contributed by atoms with van der Waals surface area (Å²) in [4.78, 5) is 36.3. The number of aromatic nitrogens is 2. The van der Waals surface area contributed by atoms with Crippen molar-refractivity contribution in [2.75, 3.05) is 34.4 Å². The third kappa shape index (κ3) is 4.77. The molecule has 40 heavy (non-hydrogen) atoms. The van der Waals surface area contributed by atoms with Crippen molar-refractivity contribution >= 4 is 28.9 Å². The van der Waals surface area contributed by atoms with E-state index in [0.29, 0.717) is 6.42 Å². The number of nitrogens with one attached hydrogen (secondary N) is 1. The van der Waals surface area contributed by atoms with Crippen LogP contribution in [0.25, 0.3) is 17.0 Å². The average molecular weight is 546 g/mol. The van der Waals surface area contributed by atoms with Crippen molar-refractivity contribution in [2.24, 2.45) is 17.8 Å². The van der Waals surface area contributed by atoms with Crippen molar-refractivity contribution < 1.29 is 28.5 Å². The summed E-state index contributed by atoms with van der Waals surface area (Å²) in [6.45, 7) is 1.76. The van der Waals surface area contributed by atoms with Crippen LogP contribution in [0.4, 0.5) is 0 Å². The Bertz CT molecular complexity index is 1420. The molecule has 1 aliphatic carbocycles. The van der Waals surface area contributed by atoms with Crippen LogP contribution in [0.5, 0.6) is 5.75 Å². The fourth-order valence-corrected chi connectivity index (χ4v) is 7.18. The number of esters is 2. The Balaban J connectivity index is 1.26. The van der Waals surface area contributed by atoms with Gasteiger partial charge >= 0.3 is 11.9 Å². The van der Waals surface area contributed by atoms with Crippen LogP contribution in [0, 0.1) is 17.8 Å². The zero-order chi connectivity index (χ0) is 27.8. The van der Waals surface area contributed by atoms with Gasteiger partial charge in [0.15, 0.2) is 0 Å². The van der Waals surface area contributed by atoms with Gasteiger partial charge in [-0.15, -0.1) is 0 Å². The fraction of sp³-hybridized carbons (Fsp3) is 0.452. The van der Waals surface area contributed by atoms with Gasteiger partial charge in [-0.1, -0.05) is 0 Å². The summed E-state index contributed by atoms with van der Waals surface area (Å²) in [6.07, 6.45) is 7.68. The van der Waals surface area contributed by atoms with Gasteiger partial charge in [0.1, 0.15) is 18.0 Å². The molecule has 2 aromatic heterocycles. The highest BCUT2D eigenvalue weighted by molar-refractivity contribution is 5.87. The lowest BCUT2D eigenvalue weighted by Gasteiger charge is -2.52. The Hall–Kier alpha value is -3.69. The fourth-order valence-electron chi connectivity index (χ4n) is 7.18. The third-order valence-corrected chi connectivity index (χ3v) is 8.99. The number of hydrogen-bond donors (Lipinski definition) is 1. The predicted octanol–water partition coefficient (Wildman–Crippen LogP) is 3.94. The van der Waals surface area contributed by atoms with Crippen molar-refractivity contribution in [3.8, 4) is 5.75 Å². The average Bonchev–Trinajstić information content (AvgIpc) is 3.36. The van der Waals surface area contributed by atoms with E-state index in [-0.39, 0.29) is 23.8 Å². The number of carbonyl (C=O) groups excluding carboxylic acids is 2. The minimum Gasteiger partial charge on any atom is -0.497 e. The number of piperidine rings is 1. The first-order valence-corrected chi connectivity index (χ1v) is 13.8. The lowest BCUT2D eigenvalue weighted by atomic mass is 9.63. The molecule has 1 saturated heterocycles. The Morgan fingerprint density at radius 2 is 1.93 bits per heavy atom. The van der Waals surface area contributed by atoms with Gasteiger partial charge in [-0.25, -0.2) is 4.79 Å². The molecule has 9 nitrogen and oxygen atoms in total. The van der Waals surface area contributed by atoms with E-state index in [1.54, 1.807) is 32.7 Å². The number of benzene rings is 1. The number of pyridine rings is 1. The van der Waals surface area contributed by atoms with Crippen LogP contribution in [-0.4, -0.2) is 73.4 Å². The lowest BCUT2D eigenvalue weighted by molar-refractivity contribution is -0.187. The standard InChI is InChI=1S/C31H35N3O6/c1-37-20-5-6-21-22-10-13-34-17-19-14-26(40-27(35)7-4-18-8-11-32-12-9-18)30(38-2)28(31(36)39-3)23(19)16-25(34)29(22)33-24(21)15-20/h4-9,11-12,15,19,23,25-26,28,30,33H,10,13-14,16-17H2,1-3H3/b7-4+/t19-,23+,25-,26-,28+,30+/m1/s1. The van der Waals surface area contributed by atoms with E-state index in [4.69, 9.17) is 18.9 Å². The van der Waals surface area contributed by atoms with Crippen LogP contribution in [0.15, 0.2) is 48.8 Å². The second-order valence-electron chi connectivity index (χ2n) is 10.9. The van der Waals surface area contributed by atoms with Crippen LogP contribution in [0.3, 0.4) is 0 Å².